The van der Waals surface area contributed by atoms with Gasteiger partial charge in [0.1, 0.15) is 10.6 Å². The SMILES string of the molecule is CC(C)(C)OC(=O)NC(Cc1ccc([N+](=O)[O-])cc1)c1nc(-c2ccccc2)cs1. The van der Waals surface area contributed by atoms with Crippen LogP contribution in [0.15, 0.2) is 60.0 Å². The number of nitro groups is 1. The number of hydrogen-bond donors (Lipinski definition) is 1. The Hall–Kier alpha value is -3.26. The summed E-state index contributed by atoms with van der Waals surface area (Å²) in [6.45, 7) is 5.40. The van der Waals surface area contributed by atoms with Gasteiger partial charge < -0.3 is 10.1 Å². The van der Waals surface area contributed by atoms with Gasteiger partial charge in [0, 0.05) is 23.1 Å². The van der Waals surface area contributed by atoms with Crippen LogP contribution in [0, 0.1) is 10.1 Å². The summed E-state index contributed by atoms with van der Waals surface area (Å²) in [7, 11) is 0. The van der Waals surface area contributed by atoms with Crippen molar-refractivity contribution >= 4 is 23.1 Å². The zero-order valence-electron chi connectivity index (χ0n) is 17.0. The van der Waals surface area contributed by atoms with Gasteiger partial charge in [-0.05, 0) is 32.8 Å². The number of benzene rings is 2. The lowest BCUT2D eigenvalue weighted by Crippen LogP contribution is -2.35. The molecule has 1 unspecified atom stereocenters. The molecule has 156 valence electrons. The molecule has 2 aromatic carbocycles. The number of carbonyl (C=O) groups is 1. The predicted molar refractivity (Wildman–Crippen MR) is 116 cm³/mol. The third-order valence-electron chi connectivity index (χ3n) is 4.17. The van der Waals surface area contributed by atoms with E-state index in [0.29, 0.717) is 6.42 Å². The van der Waals surface area contributed by atoms with Crippen LogP contribution in [0.2, 0.25) is 0 Å². The van der Waals surface area contributed by atoms with E-state index in [-0.39, 0.29) is 5.69 Å². The van der Waals surface area contributed by atoms with Crippen LogP contribution < -0.4 is 5.32 Å². The number of carbonyl (C=O) groups excluding carboxylic acids is 1. The Labute approximate surface area is 178 Å². The van der Waals surface area contributed by atoms with Gasteiger partial charge in [-0.1, -0.05) is 42.5 Å². The highest BCUT2D eigenvalue weighted by Gasteiger charge is 2.23. The van der Waals surface area contributed by atoms with Crippen LogP contribution >= 0.6 is 11.3 Å². The molecule has 0 radical (unpaired) electrons. The summed E-state index contributed by atoms with van der Waals surface area (Å²) in [6, 6.07) is 15.7. The minimum absolute atomic E-state index is 0.0241. The third-order valence-corrected chi connectivity index (χ3v) is 5.13. The van der Waals surface area contributed by atoms with Crippen molar-refractivity contribution in [2.24, 2.45) is 0 Å². The van der Waals surface area contributed by atoms with E-state index in [1.807, 2.05) is 35.7 Å². The van der Waals surface area contributed by atoms with E-state index in [1.165, 1.54) is 23.5 Å². The lowest BCUT2D eigenvalue weighted by atomic mass is 10.1. The van der Waals surface area contributed by atoms with Crippen molar-refractivity contribution in [2.45, 2.75) is 38.8 Å². The predicted octanol–water partition coefficient (Wildman–Crippen LogP) is 5.53. The normalized spacial score (nSPS) is 12.2. The summed E-state index contributed by atoms with van der Waals surface area (Å²) in [5.41, 5.74) is 2.07. The van der Waals surface area contributed by atoms with Crippen molar-refractivity contribution in [1.29, 1.82) is 0 Å². The molecular formula is C22H23N3O4S. The lowest BCUT2D eigenvalue weighted by molar-refractivity contribution is -0.384. The van der Waals surface area contributed by atoms with Gasteiger partial charge in [-0.15, -0.1) is 11.3 Å². The second-order valence-electron chi connectivity index (χ2n) is 7.76. The quantitative estimate of drug-likeness (QED) is 0.414. The Morgan fingerprint density at radius 3 is 2.43 bits per heavy atom. The van der Waals surface area contributed by atoms with E-state index in [9.17, 15) is 14.9 Å². The average Bonchev–Trinajstić information content (AvgIpc) is 3.17. The van der Waals surface area contributed by atoms with Crippen LogP contribution in [0.25, 0.3) is 11.3 Å². The Kier molecular flexibility index (Phi) is 6.47. The fourth-order valence-corrected chi connectivity index (χ4v) is 3.71. The first kappa shape index (κ1) is 21.4. The van der Waals surface area contributed by atoms with Gasteiger partial charge in [-0.25, -0.2) is 9.78 Å². The summed E-state index contributed by atoms with van der Waals surface area (Å²) in [5.74, 6) is 0. The zero-order chi connectivity index (χ0) is 21.7. The summed E-state index contributed by atoms with van der Waals surface area (Å²) in [6.07, 6.45) is -0.107. The standard InChI is InChI=1S/C22H23N3O4S/c1-22(2,3)29-21(26)24-18(13-15-9-11-17(12-10-15)25(27)28)20-23-19(14-30-20)16-7-5-4-6-8-16/h4-12,14,18H,13H2,1-3H3,(H,24,26). The van der Waals surface area contributed by atoms with Gasteiger partial charge in [-0.2, -0.15) is 0 Å². The maximum absolute atomic E-state index is 12.4. The number of thiazole rings is 1. The van der Waals surface area contributed by atoms with E-state index in [2.05, 4.69) is 5.32 Å². The number of alkyl carbamates (subject to hydrolysis) is 1. The Balaban J connectivity index is 1.84. The molecule has 3 aromatic rings. The maximum atomic E-state index is 12.4. The molecule has 0 saturated heterocycles. The van der Waals surface area contributed by atoms with Crippen molar-refractivity contribution in [3.63, 3.8) is 0 Å². The highest BCUT2D eigenvalue weighted by atomic mass is 32.1. The molecule has 8 heteroatoms. The number of nitro benzene ring substituents is 1. The third kappa shape index (κ3) is 5.87. The molecular weight excluding hydrogens is 402 g/mol. The van der Waals surface area contributed by atoms with Gasteiger partial charge >= 0.3 is 6.09 Å². The zero-order valence-corrected chi connectivity index (χ0v) is 17.8. The molecule has 1 atom stereocenters. The number of rotatable bonds is 6. The molecule has 1 N–H and O–H groups in total. The molecule has 0 aliphatic rings. The Morgan fingerprint density at radius 2 is 1.83 bits per heavy atom. The minimum atomic E-state index is -0.625. The first-order valence-corrected chi connectivity index (χ1v) is 10.3. The number of nitrogens with one attached hydrogen (secondary N) is 1. The first-order valence-electron chi connectivity index (χ1n) is 9.45. The number of aromatic nitrogens is 1. The molecule has 3 rings (SSSR count). The molecule has 0 saturated carbocycles. The Bertz CT molecular complexity index is 1010. The summed E-state index contributed by atoms with van der Waals surface area (Å²) < 4.78 is 5.41. The number of hydrogen-bond acceptors (Lipinski definition) is 6. The molecule has 0 spiro atoms. The summed E-state index contributed by atoms with van der Waals surface area (Å²) >= 11 is 1.45. The fourth-order valence-electron chi connectivity index (χ4n) is 2.83. The van der Waals surface area contributed by atoms with Crippen molar-refractivity contribution in [3.05, 3.63) is 80.7 Å². The average molecular weight is 426 g/mol. The van der Waals surface area contributed by atoms with Gasteiger partial charge in [0.05, 0.1) is 16.7 Å². The fraction of sp³-hybridized carbons (Fsp3) is 0.273. The number of non-ortho nitro benzene ring substituents is 1. The number of ether oxygens (including phenoxy) is 1. The molecule has 0 aliphatic heterocycles. The second kappa shape index (κ2) is 9.04. The molecule has 1 amide bonds. The molecule has 0 aliphatic carbocycles. The van der Waals surface area contributed by atoms with Crippen molar-refractivity contribution in [1.82, 2.24) is 10.3 Å². The highest BCUT2D eigenvalue weighted by Crippen LogP contribution is 2.28. The Morgan fingerprint density at radius 1 is 1.17 bits per heavy atom. The van der Waals surface area contributed by atoms with E-state index < -0.39 is 22.7 Å². The van der Waals surface area contributed by atoms with E-state index in [1.54, 1.807) is 32.9 Å². The number of nitrogens with zero attached hydrogens (tertiary/aromatic N) is 2. The largest absolute Gasteiger partial charge is 0.444 e. The smallest absolute Gasteiger partial charge is 0.408 e. The van der Waals surface area contributed by atoms with Crippen LogP contribution in [-0.4, -0.2) is 21.6 Å². The van der Waals surface area contributed by atoms with Crippen LogP contribution in [0.3, 0.4) is 0 Å². The van der Waals surface area contributed by atoms with Crippen LogP contribution in [-0.2, 0) is 11.2 Å². The topological polar surface area (TPSA) is 94.4 Å². The lowest BCUT2D eigenvalue weighted by Gasteiger charge is -2.23. The van der Waals surface area contributed by atoms with E-state index in [4.69, 9.17) is 9.72 Å². The molecule has 0 bridgehead atoms. The number of amides is 1. The van der Waals surface area contributed by atoms with Crippen LogP contribution in [0.4, 0.5) is 10.5 Å². The van der Waals surface area contributed by atoms with E-state index in [0.717, 1.165) is 21.8 Å². The van der Waals surface area contributed by atoms with Crippen molar-refractivity contribution in [3.8, 4) is 11.3 Å². The van der Waals surface area contributed by atoms with Gasteiger partial charge in [0.15, 0.2) is 0 Å². The first-order chi connectivity index (χ1) is 14.2. The summed E-state index contributed by atoms with van der Waals surface area (Å²) in [4.78, 5) is 27.6. The highest BCUT2D eigenvalue weighted by molar-refractivity contribution is 7.10. The molecule has 0 fully saturated rings. The molecule has 1 aromatic heterocycles. The second-order valence-corrected chi connectivity index (χ2v) is 8.65. The molecule has 7 nitrogen and oxygen atoms in total. The van der Waals surface area contributed by atoms with Gasteiger partial charge in [0.25, 0.3) is 5.69 Å². The molecule has 30 heavy (non-hydrogen) atoms. The van der Waals surface area contributed by atoms with Crippen molar-refractivity contribution in [2.75, 3.05) is 0 Å². The van der Waals surface area contributed by atoms with Gasteiger partial charge in [0.2, 0.25) is 0 Å². The van der Waals surface area contributed by atoms with Crippen molar-refractivity contribution < 1.29 is 14.5 Å². The maximum Gasteiger partial charge on any atom is 0.408 e. The summed E-state index contributed by atoms with van der Waals surface area (Å²) in [5, 5.41) is 16.5. The molecule has 1 heterocycles. The van der Waals surface area contributed by atoms with Crippen LogP contribution in [0.1, 0.15) is 37.4 Å². The van der Waals surface area contributed by atoms with Gasteiger partial charge in [-0.3, -0.25) is 10.1 Å². The van der Waals surface area contributed by atoms with E-state index >= 15 is 0 Å². The minimum Gasteiger partial charge on any atom is -0.444 e. The van der Waals surface area contributed by atoms with Crippen LogP contribution in [0.5, 0.6) is 0 Å². The monoisotopic (exact) mass is 425 g/mol.